The van der Waals surface area contributed by atoms with Crippen molar-refractivity contribution in [1.82, 2.24) is 5.32 Å². The summed E-state index contributed by atoms with van der Waals surface area (Å²) in [6.45, 7) is 5.79. The Morgan fingerprint density at radius 1 is 1.05 bits per heavy atom. The highest BCUT2D eigenvalue weighted by molar-refractivity contribution is 5.82. The van der Waals surface area contributed by atoms with Crippen molar-refractivity contribution in [1.29, 1.82) is 0 Å². The van der Waals surface area contributed by atoms with E-state index in [-0.39, 0.29) is 0 Å². The molecule has 2 aromatic rings. The smallest absolute Gasteiger partial charge is 0.144 e. The standard InChI is InChI=1S/C18H20N3O/c1-2-5-14(6-3-1)11-21-13-20-18-16(21)7-4-8-17(18)22-12-15-9-19-10-15/h1-8,13,15,19-20H,9-12H2. The number of anilines is 2. The number of benzene rings is 2. The van der Waals surface area contributed by atoms with E-state index in [1.54, 1.807) is 0 Å². The highest BCUT2D eigenvalue weighted by Crippen LogP contribution is 2.41. The van der Waals surface area contributed by atoms with Crippen molar-refractivity contribution < 1.29 is 4.74 Å². The van der Waals surface area contributed by atoms with E-state index in [2.05, 4.69) is 51.9 Å². The van der Waals surface area contributed by atoms with Crippen LogP contribution in [0.25, 0.3) is 0 Å². The molecule has 2 N–H and O–H groups in total. The van der Waals surface area contributed by atoms with Gasteiger partial charge < -0.3 is 20.3 Å². The Labute approximate surface area is 131 Å². The lowest BCUT2D eigenvalue weighted by Crippen LogP contribution is -2.45. The molecule has 4 heteroatoms. The molecular formula is C18H20N3O. The number of hydrogen-bond acceptors (Lipinski definition) is 4. The number of nitrogens with one attached hydrogen (secondary N) is 2. The molecule has 2 aliphatic heterocycles. The molecule has 1 fully saturated rings. The van der Waals surface area contributed by atoms with E-state index in [0.29, 0.717) is 5.92 Å². The van der Waals surface area contributed by atoms with Crippen molar-refractivity contribution in [3.63, 3.8) is 0 Å². The predicted molar refractivity (Wildman–Crippen MR) is 88.8 cm³/mol. The average Bonchev–Trinajstić information content (AvgIpc) is 2.91. The summed E-state index contributed by atoms with van der Waals surface area (Å²) >= 11 is 0. The lowest BCUT2D eigenvalue weighted by Gasteiger charge is -2.27. The van der Waals surface area contributed by atoms with Crippen LogP contribution in [0.3, 0.4) is 0 Å². The fourth-order valence-corrected chi connectivity index (χ4v) is 2.82. The van der Waals surface area contributed by atoms with Gasteiger partial charge in [0.2, 0.25) is 0 Å². The quantitative estimate of drug-likeness (QED) is 0.889. The van der Waals surface area contributed by atoms with E-state index in [0.717, 1.165) is 37.7 Å². The summed E-state index contributed by atoms with van der Waals surface area (Å²) < 4.78 is 6.00. The number of nitrogens with zero attached hydrogens (tertiary/aromatic N) is 1. The lowest BCUT2D eigenvalue weighted by molar-refractivity contribution is 0.200. The van der Waals surface area contributed by atoms with Gasteiger partial charge in [-0.2, -0.15) is 0 Å². The molecule has 0 unspecified atom stereocenters. The van der Waals surface area contributed by atoms with E-state index < -0.39 is 0 Å². The van der Waals surface area contributed by atoms with Crippen LogP contribution in [0.4, 0.5) is 11.4 Å². The molecule has 0 saturated carbocycles. The van der Waals surface area contributed by atoms with Crippen LogP contribution in [0, 0.1) is 12.6 Å². The first-order valence-electron chi connectivity index (χ1n) is 7.77. The third-order valence-electron chi connectivity index (χ3n) is 4.21. The highest BCUT2D eigenvalue weighted by atomic mass is 16.5. The molecular weight excluding hydrogens is 274 g/mol. The zero-order valence-corrected chi connectivity index (χ0v) is 12.5. The SMILES string of the molecule is [CH]1Nc2c(OCC3CNC3)cccc2N1Cc1ccccc1. The van der Waals surface area contributed by atoms with E-state index in [1.807, 2.05) is 18.8 Å². The molecule has 0 aromatic heterocycles. The van der Waals surface area contributed by atoms with E-state index >= 15 is 0 Å². The molecule has 0 bridgehead atoms. The first kappa shape index (κ1) is 13.5. The fraction of sp³-hybridized carbons (Fsp3) is 0.278. The first-order valence-corrected chi connectivity index (χ1v) is 7.77. The molecule has 113 valence electrons. The van der Waals surface area contributed by atoms with Gasteiger partial charge in [-0.15, -0.1) is 0 Å². The maximum absolute atomic E-state index is 6.00. The van der Waals surface area contributed by atoms with Crippen LogP contribution < -0.4 is 20.3 Å². The van der Waals surface area contributed by atoms with Gasteiger partial charge in [0.1, 0.15) is 18.1 Å². The minimum Gasteiger partial charge on any atom is -0.491 e. The van der Waals surface area contributed by atoms with Crippen LogP contribution in [0.1, 0.15) is 5.56 Å². The summed E-state index contributed by atoms with van der Waals surface area (Å²) in [4.78, 5) is 2.22. The first-order chi connectivity index (χ1) is 10.9. The summed E-state index contributed by atoms with van der Waals surface area (Å²) in [5.74, 6) is 1.58. The minimum atomic E-state index is 0.640. The van der Waals surface area contributed by atoms with E-state index in [4.69, 9.17) is 4.74 Å². The van der Waals surface area contributed by atoms with Gasteiger partial charge in [0.25, 0.3) is 0 Å². The second-order valence-electron chi connectivity index (χ2n) is 5.87. The zero-order chi connectivity index (χ0) is 14.8. The molecule has 4 nitrogen and oxygen atoms in total. The van der Waals surface area contributed by atoms with Crippen LogP contribution in [0.2, 0.25) is 0 Å². The van der Waals surface area contributed by atoms with Crippen molar-refractivity contribution in [3.05, 3.63) is 60.8 Å². The summed E-state index contributed by atoms with van der Waals surface area (Å²) in [6, 6.07) is 16.7. The molecule has 0 spiro atoms. The Morgan fingerprint density at radius 2 is 1.91 bits per heavy atom. The summed E-state index contributed by atoms with van der Waals surface area (Å²) in [7, 11) is 0. The van der Waals surface area contributed by atoms with Gasteiger partial charge >= 0.3 is 0 Å². The zero-order valence-electron chi connectivity index (χ0n) is 12.5. The minimum absolute atomic E-state index is 0.640. The number of hydrogen-bond donors (Lipinski definition) is 2. The monoisotopic (exact) mass is 294 g/mol. The third kappa shape index (κ3) is 2.62. The number of ether oxygens (including phenoxy) is 1. The molecule has 0 amide bonds. The second kappa shape index (κ2) is 5.89. The van der Waals surface area contributed by atoms with Crippen molar-refractivity contribution in [3.8, 4) is 5.75 Å². The van der Waals surface area contributed by atoms with Crippen molar-refractivity contribution in [2.24, 2.45) is 5.92 Å². The molecule has 2 aliphatic rings. The maximum Gasteiger partial charge on any atom is 0.144 e. The van der Waals surface area contributed by atoms with Gasteiger partial charge in [0, 0.05) is 25.6 Å². The van der Waals surface area contributed by atoms with Gasteiger partial charge in [-0.3, -0.25) is 0 Å². The molecule has 1 radical (unpaired) electrons. The van der Waals surface area contributed by atoms with Crippen LogP contribution in [-0.2, 0) is 6.54 Å². The van der Waals surface area contributed by atoms with E-state index in [9.17, 15) is 0 Å². The van der Waals surface area contributed by atoms with Gasteiger partial charge in [-0.25, -0.2) is 0 Å². The predicted octanol–water partition coefficient (Wildman–Crippen LogP) is 2.84. The highest BCUT2D eigenvalue weighted by Gasteiger charge is 2.24. The molecule has 0 aliphatic carbocycles. The van der Waals surface area contributed by atoms with E-state index in [1.165, 1.54) is 11.3 Å². The Balaban J connectivity index is 1.49. The van der Waals surface area contributed by atoms with Crippen molar-refractivity contribution in [2.75, 3.05) is 29.9 Å². The molecule has 4 rings (SSSR count). The summed E-state index contributed by atoms with van der Waals surface area (Å²) in [6.07, 6.45) is 0. The summed E-state index contributed by atoms with van der Waals surface area (Å²) in [5, 5.41) is 6.63. The molecule has 22 heavy (non-hydrogen) atoms. The van der Waals surface area contributed by atoms with Crippen molar-refractivity contribution in [2.45, 2.75) is 6.54 Å². The maximum atomic E-state index is 6.00. The van der Waals surface area contributed by atoms with Crippen LogP contribution in [-0.4, -0.2) is 19.7 Å². The number of para-hydroxylation sites is 1. The largest absolute Gasteiger partial charge is 0.491 e. The second-order valence-corrected chi connectivity index (χ2v) is 5.87. The molecule has 1 saturated heterocycles. The molecule has 2 aromatic carbocycles. The Bertz CT molecular complexity index is 640. The van der Waals surface area contributed by atoms with Crippen molar-refractivity contribution >= 4 is 11.4 Å². The van der Waals surface area contributed by atoms with Crippen LogP contribution >= 0.6 is 0 Å². The van der Waals surface area contributed by atoms with Gasteiger partial charge in [0.15, 0.2) is 0 Å². The van der Waals surface area contributed by atoms with Gasteiger partial charge in [0.05, 0.1) is 12.3 Å². The topological polar surface area (TPSA) is 36.5 Å². The summed E-state index contributed by atoms with van der Waals surface area (Å²) in [5.41, 5.74) is 3.54. The molecule has 2 heterocycles. The Hall–Kier alpha value is -2.20. The number of rotatable bonds is 5. The fourth-order valence-electron chi connectivity index (χ4n) is 2.82. The Morgan fingerprint density at radius 3 is 2.68 bits per heavy atom. The van der Waals surface area contributed by atoms with Gasteiger partial charge in [-0.1, -0.05) is 36.4 Å². The normalized spacial score (nSPS) is 16.8. The van der Waals surface area contributed by atoms with Gasteiger partial charge in [-0.05, 0) is 17.7 Å². The Kier molecular flexibility index (Phi) is 3.60. The third-order valence-corrected chi connectivity index (χ3v) is 4.21. The van der Waals surface area contributed by atoms with Crippen LogP contribution in [0.15, 0.2) is 48.5 Å². The average molecular weight is 294 g/mol. The molecule has 0 atom stereocenters. The number of fused-ring (bicyclic) bond motifs is 1. The van der Waals surface area contributed by atoms with Crippen LogP contribution in [0.5, 0.6) is 5.75 Å². The lowest BCUT2D eigenvalue weighted by atomic mass is 10.1.